The number of carbonyl (C=O) groups excluding carboxylic acids is 1. The Kier molecular flexibility index (Phi) is 5.46. The number of hydrogen-bond donors (Lipinski definition) is 2. The molecule has 1 unspecified atom stereocenters. The van der Waals surface area contributed by atoms with Gasteiger partial charge in [0.1, 0.15) is 5.69 Å². The minimum Gasteiger partial charge on any atom is -0.463 e. The number of rotatable bonds is 5. The number of para-hydroxylation sites is 1. The third-order valence-corrected chi connectivity index (χ3v) is 5.69. The van der Waals surface area contributed by atoms with Crippen molar-refractivity contribution >= 4 is 34.6 Å². The van der Waals surface area contributed by atoms with Crippen LogP contribution in [0.4, 0.5) is 0 Å². The monoisotopic (exact) mass is 424 g/mol. The Labute approximate surface area is 178 Å². The molecule has 0 saturated carbocycles. The average molecular weight is 425 g/mol. The van der Waals surface area contributed by atoms with Gasteiger partial charge in [-0.2, -0.15) is 5.10 Å². The molecule has 3 heterocycles. The molecular formula is C21H20N4O2S2. The van der Waals surface area contributed by atoms with Gasteiger partial charge in [-0.05, 0) is 49.6 Å². The molecule has 0 aliphatic carbocycles. The maximum absolute atomic E-state index is 12.7. The van der Waals surface area contributed by atoms with Crippen molar-refractivity contribution in [3.8, 4) is 16.3 Å². The van der Waals surface area contributed by atoms with Gasteiger partial charge in [-0.1, -0.05) is 24.3 Å². The molecule has 0 bridgehead atoms. The third-order valence-electron chi connectivity index (χ3n) is 4.59. The molecule has 29 heavy (non-hydrogen) atoms. The maximum Gasteiger partial charge on any atom is 0.338 e. The summed E-state index contributed by atoms with van der Waals surface area (Å²) in [4.78, 5) is 13.8. The fourth-order valence-corrected chi connectivity index (χ4v) is 4.32. The number of hydrogen-bond acceptors (Lipinski definition) is 5. The lowest BCUT2D eigenvalue weighted by Gasteiger charge is -2.29. The van der Waals surface area contributed by atoms with Gasteiger partial charge in [0.15, 0.2) is 5.11 Å². The summed E-state index contributed by atoms with van der Waals surface area (Å²) in [6.45, 7) is 3.92. The van der Waals surface area contributed by atoms with Crippen molar-refractivity contribution in [2.75, 3.05) is 6.61 Å². The van der Waals surface area contributed by atoms with Gasteiger partial charge in [0.25, 0.3) is 0 Å². The molecule has 1 aliphatic heterocycles. The van der Waals surface area contributed by atoms with Crippen LogP contribution in [-0.4, -0.2) is 27.5 Å². The molecule has 0 fully saturated rings. The van der Waals surface area contributed by atoms with Gasteiger partial charge in [-0.25, -0.2) is 9.48 Å². The van der Waals surface area contributed by atoms with Crippen molar-refractivity contribution in [1.82, 2.24) is 20.4 Å². The van der Waals surface area contributed by atoms with Crippen LogP contribution in [0, 0.1) is 0 Å². The molecule has 0 amide bonds. The molecule has 1 aromatic carbocycles. The molecule has 4 rings (SSSR count). The van der Waals surface area contributed by atoms with Crippen molar-refractivity contribution in [2.45, 2.75) is 19.9 Å². The Morgan fingerprint density at radius 1 is 1.28 bits per heavy atom. The van der Waals surface area contributed by atoms with Crippen LogP contribution in [0.5, 0.6) is 0 Å². The summed E-state index contributed by atoms with van der Waals surface area (Å²) in [7, 11) is 0. The summed E-state index contributed by atoms with van der Waals surface area (Å²) in [5, 5.41) is 13.6. The van der Waals surface area contributed by atoms with E-state index >= 15 is 0 Å². The van der Waals surface area contributed by atoms with E-state index in [2.05, 4.69) is 10.6 Å². The van der Waals surface area contributed by atoms with Crippen LogP contribution < -0.4 is 10.6 Å². The number of thiocarbonyl (C=S) groups is 1. The summed E-state index contributed by atoms with van der Waals surface area (Å²) in [5.41, 5.74) is 3.79. The van der Waals surface area contributed by atoms with Crippen LogP contribution in [-0.2, 0) is 9.53 Å². The van der Waals surface area contributed by atoms with Gasteiger partial charge in [0.2, 0.25) is 0 Å². The Morgan fingerprint density at radius 2 is 2.07 bits per heavy atom. The zero-order chi connectivity index (χ0) is 20.4. The number of nitrogens with zero attached hydrogens (tertiary/aromatic N) is 2. The fourth-order valence-electron chi connectivity index (χ4n) is 3.32. The Bertz CT molecular complexity index is 1070. The molecule has 2 aromatic heterocycles. The second-order valence-electron chi connectivity index (χ2n) is 6.48. The molecule has 0 saturated heterocycles. The second kappa shape index (κ2) is 8.18. The summed E-state index contributed by atoms with van der Waals surface area (Å²) in [5.74, 6) is -0.373. The number of nitrogens with one attached hydrogen (secondary N) is 2. The van der Waals surface area contributed by atoms with Gasteiger partial charge in [0, 0.05) is 17.5 Å². The highest BCUT2D eigenvalue weighted by molar-refractivity contribution is 7.80. The Hall–Kier alpha value is -2.97. The summed E-state index contributed by atoms with van der Waals surface area (Å²) >= 11 is 6.97. The van der Waals surface area contributed by atoms with Gasteiger partial charge in [-0.3, -0.25) is 0 Å². The van der Waals surface area contributed by atoms with Crippen molar-refractivity contribution in [2.24, 2.45) is 0 Å². The number of thiophene rings is 1. The largest absolute Gasteiger partial charge is 0.463 e. The molecule has 148 valence electrons. The molecule has 6 nitrogen and oxygen atoms in total. The Balaban J connectivity index is 1.88. The number of allylic oxidation sites excluding steroid dienone is 1. The lowest BCUT2D eigenvalue weighted by Crippen LogP contribution is -2.45. The first-order chi connectivity index (χ1) is 14.1. The Morgan fingerprint density at radius 3 is 2.76 bits per heavy atom. The number of carbonyl (C=O) groups is 1. The number of ether oxygens (including phenoxy) is 1. The van der Waals surface area contributed by atoms with Gasteiger partial charge < -0.3 is 15.4 Å². The predicted molar refractivity (Wildman–Crippen MR) is 118 cm³/mol. The number of esters is 1. The zero-order valence-electron chi connectivity index (χ0n) is 16.0. The van der Waals surface area contributed by atoms with Crippen molar-refractivity contribution < 1.29 is 9.53 Å². The van der Waals surface area contributed by atoms with Gasteiger partial charge >= 0.3 is 5.97 Å². The van der Waals surface area contributed by atoms with Gasteiger partial charge in [0.05, 0.1) is 28.8 Å². The van der Waals surface area contributed by atoms with Gasteiger partial charge in [-0.15, -0.1) is 11.3 Å². The molecule has 1 atom stereocenters. The van der Waals surface area contributed by atoms with Crippen LogP contribution in [0.1, 0.15) is 25.5 Å². The van der Waals surface area contributed by atoms with E-state index in [0.717, 1.165) is 21.8 Å². The lowest BCUT2D eigenvalue weighted by molar-refractivity contribution is -0.139. The van der Waals surface area contributed by atoms with Crippen LogP contribution in [0.2, 0.25) is 0 Å². The van der Waals surface area contributed by atoms with Crippen molar-refractivity contribution in [3.63, 3.8) is 0 Å². The molecular weight excluding hydrogens is 404 g/mol. The van der Waals surface area contributed by atoms with E-state index in [4.69, 9.17) is 22.1 Å². The minimum atomic E-state index is -0.461. The standard InChI is InChI=1S/C21H20N4O2S2/c1-3-27-20(26)17-13(2)22-21(28)23-19(17)15-12-25(14-8-5-4-6-9-14)24-18(15)16-10-7-11-29-16/h4-12,19H,3H2,1-2H3,(H2,22,23,28). The fraction of sp³-hybridized carbons (Fsp3) is 0.190. The number of aromatic nitrogens is 2. The number of benzene rings is 1. The maximum atomic E-state index is 12.7. The van der Waals surface area contributed by atoms with E-state index in [9.17, 15) is 4.79 Å². The first-order valence-corrected chi connectivity index (χ1v) is 10.5. The molecule has 2 N–H and O–H groups in total. The van der Waals surface area contributed by atoms with Crippen LogP contribution in [0.3, 0.4) is 0 Å². The van der Waals surface area contributed by atoms with Crippen molar-refractivity contribution in [3.05, 3.63) is 70.9 Å². The SMILES string of the molecule is CCOC(=O)C1=C(C)NC(=S)NC1c1cn(-c2ccccc2)nc1-c1cccs1. The first-order valence-electron chi connectivity index (χ1n) is 9.22. The normalized spacial score (nSPS) is 16.3. The van der Waals surface area contributed by atoms with E-state index < -0.39 is 6.04 Å². The molecule has 8 heteroatoms. The minimum absolute atomic E-state index is 0.299. The predicted octanol–water partition coefficient (Wildman–Crippen LogP) is 3.96. The van der Waals surface area contributed by atoms with Crippen LogP contribution in [0.15, 0.2) is 65.3 Å². The van der Waals surface area contributed by atoms with E-state index in [1.54, 1.807) is 18.3 Å². The summed E-state index contributed by atoms with van der Waals surface area (Å²) in [6, 6.07) is 13.4. The topological polar surface area (TPSA) is 68.2 Å². The third kappa shape index (κ3) is 3.81. The molecule has 1 aliphatic rings. The smallest absolute Gasteiger partial charge is 0.338 e. The van der Waals surface area contributed by atoms with Crippen LogP contribution in [0.25, 0.3) is 16.3 Å². The first kappa shape index (κ1) is 19.4. The lowest BCUT2D eigenvalue weighted by atomic mass is 9.95. The summed E-state index contributed by atoms with van der Waals surface area (Å²) in [6.07, 6.45) is 1.95. The quantitative estimate of drug-likeness (QED) is 0.477. The van der Waals surface area contributed by atoms with E-state index in [0.29, 0.717) is 23.0 Å². The highest BCUT2D eigenvalue weighted by Crippen LogP contribution is 2.36. The molecule has 0 spiro atoms. The van der Waals surface area contributed by atoms with Crippen LogP contribution >= 0.6 is 23.6 Å². The zero-order valence-corrected chi connectivity index (χ0v) is 17.6. The van der Waals surface area contributed by atoms with E-state index in [1.165, 1.54) is 0 Å². The highest BCUT2D eigenvalue weighted by atomic mass is 32.1. The highest BCUT2D eigenvalue weighted by Gasteiger charge is 2.34. The van der Waals surface area contributed by atoms with E-state index in [1.807, 2.05) is 65.6 Å². The van der Waals surface area contributed by atoms with E-state index in [-0.39, 0.29) is 5.97 Å². The van der Waals surface area contributed by atoms with Crippen molar-refractivity contribution in [1.29, 1.82) is 0 Å². The summed E-state index contributed by atoms with van der Waals surface area (Å²) < 4.78 is 7.14. The second-order valence-corrected chi connectivity index (χ2v) is 7.84. The molecule has 0 radical (unpaired) electrons. The average Bonchev–Trinajstić information content (AvgIpc) is 3.38. The molecule has 3 aromatic rings.